The lowest BCUT2D eigenvalue weighted by molar-refractivity contribution is 0.103. The molecule has 4 aromatic carbocycles. The zero-order valence-electron chi connectivity index (χ0n) is 16.9. The van der Waals surface area contributed by atoms with Crippen LogP contribution in [-0.4, -0.2) is 11.6 Å². The van der Waals surface area contributed by atoms with Gasteiger partial charge >= 0.3 is 0 Å². The minimum Gasteiger partial charge on any atom is -0.397 e. The molecule has 0 saturated carbocycles. The Kier molecular flexibility index (Phi) is 6.54. The largest absolute Gasteiger partial charge is 0.397 e. The molecule has 1 aliphatic carbocycles. The second-order valence-electron chi connectivity index (χ2n) is 7.23. The molecule has 33 heavy (non-hydrogen) atoms. The molecule has 4 aromatic rings. The van der Waals surface area contributed by atoms with E-state index in [-0.39, 0.29) is 22.8 Å². The Hall–Kier alpha value is -3.16. The van der Waals surface area contributed by atoms with Gasteiger partial charge in [-0.15, -0.1) is 0 Å². The number of halogens is 4. The fourth-order valence-electron chi connectivity index (χ4n) is 3.59. The van der Waals surface area contributed by atoms with Gasteiger partial charge in [-0.2, -0.15) is 0 Å². The fraction of sp³-hybridized carbons (Fsp3) is 0. The molecular formula is C26H15Br2F2NO2. The van der Waals surface area contributed by atoms with Gasteiger partial charge in [-0.3, -0.25) is 9.59 Å². The number of rotatable bonds is 2. The van der Waals surface area contributed by atoms with Crippen molar-refractivity contribution in [2.45, 2.75) is 0 Å². The highest BCUT2D eigenvalue weighted by Gasteiger charge is 2.28. The van der Waals surface area contributed by atoms with Gasteiger partial charge in [-0.25, -0.2) is 8.78 Å². The molecular weight excluding hydrogens is 556 g/mol. The summed E-state index contributed by atoms with van der Waals surface area (Å²) in [6.45, 7) is 0. The fourth-order valence-corrected chi connectivity index (χ4v) is 4.67. The van der Waals surface area contributed by atoms with E-state index >= 15 is 0 Å². The third-order valence-electron chi connectivity index (χ3n) is 5.12. The minimum atomic E-state index is -0.495. The number of benzene rings is 4. The van der Waals surface area contributed by atoms with Crippen molar-refractivity contribution in [1.82, 2.24) is 0 Å². The molecule has 7 heteroatoms. The molecule has 0 saturated heterocycles. The molecule has 0 unspecified atom stereocenters. The zero-order valence-corrected chi connectivity index (χ0v) is 20.1. The van der Waals surface area contributed by atoms with Crippen molar-refractivity contribution in [3.05, 3.63) is 122 Å². The van der Waals surface area contributed by atoms with Gasteiger partial charge in [-0.05, 0) is 45.8 Å². The monoisotopic (exact) mass is 569 g/mol. The number of hydrogen-bond acceptors (Lipinski definition) is 3. The number of anilines is 1. The molecule has 0 aromatic heterocycles. The third-order valence-corrected chi connectivity index (χ3v) is 6.40. The predicted molar refractivity (Wildman–Crippen MR) is 131 cm³/mol. The van der Waals surface area contributed by atoms with Gasteiger partial charge in [0.1, 0.15) is 11.6 Å². The molecule has 164 valence electrons. The van der Waals surface area contributed by atoms with Crippen LogP contribution in [0.2, 0.25) is 0 Å². The molecule has 0 fully saturated rings. The summed E-state index contributed by atoms with van der Waals surface area (Å²) in [4.78, 5) is 24.1. The summed E-state index contributed by atoms with van der Waals surface area (Å²) in [5, 5.41) is 0. The molecule has 2 N–H and O–H groups in total. The molecule has 1 aliphatic rings. The maximum Gasteiger partial charge on any atom is 0.195 e. The van der Waals surface area contributed by atoms with Gasteiger partial charge in [0.25, 0.3) is 0 Å². The van der Waals surface area contributed by atoms with Crippen LogP contribution in [0.1, 0.15) is 31.8 Å². The summed E-state index contributed by atoms with van der Waals surface area (Å²) in [5.74, 6) is -1.29. The molecule has 0 bridgehead atoms. The van der Waals surface area contributed by atoms with Crippen LogP contribution in [0.5, 0.6) is 0 Å². The quantitative estimate of drug-likeness (QED) is 0.180. The van der Waals surface area contributed by atoms with Gasteiger partial charge in [-0.1, -0.05) is 70.5 Å². The highest BCUT2D eigenvalue weighted by Crippen LogP contribution is 2.41. The minimum absolute atomic E-state index is 0.106. The van der Waals surface area contributed by atoms with Crippen LogP contribution in [0.3, 0.4) is 0 Å². The Labute approximate surface area is 205 Å². The van der Waals surface area contributed by atoms with E-state index in [2.05, 4.69) is 31.9 Å². The summed E-state index contributed by atoms with van der Waals surface area (Å²) in [6.07, 6.45) is 0. The van der Waals surface area contributed by atoms with E-state index in [1.165, 1.54) is 18.2 Å². The standard InChI is InChI=1S/C13H9BrFNO.C13H6BrFO/c14-11-7-9(15)6-10(12(11)16)13(17)8-4-2-1-3-5-8;14-11-6-7(15)5-10-12(11)8-3-1-2-4-9(8)13(10)16/h1-7H,16H2;1-6H. The van der Waals surface area contributed by atoms with Crippen molar-refractivity contribution in [2.75, 3.05) is 5.73 Å². The molecule has 0 radical (unpaired) electrons. The lowest BCUT2D eigenvalue weighted by Gasteiger charge is -2.07. The van der Waals surface area contributed by atoms with Crippen molar-refractivity contribution in [2.24, 2.45) is 0 Å². The number of fused-ring (bicyclic) bond motifs is 3. The van der Waals surface area contributed by atoms with Crippen molar-refractivity contribution in [3.8, 4) is 11.1 Å². The molecule has 3 nitrogen and oxygen atoms in total. The summed E-state index contributed by atoms with van der Waals surface area (Å²) in [5.41, 5.74) is 9.40. The Bertz CT molecular complexity index is 1410. The lowest BCUT2D eigenvalue weighted by Crippen LogP contribution is -2.06. The number of ketones is 2. The molecule has 0 spiro atoms. The number of carbonyl (C=O) groups is 2. The van der Waals surface area contributed by atoms with Crippen LogP contribution >= 0.6 is 31.9 Å². The van der Waals surface area contributed by atoms with Gasteiger partial charge in [0, 0.05) is 36.8 Å². The zero-order chi connectivity index (χ0) is 23.7. The van der Waals surface area contributed by atoms with Gasteiger partial charge in [0.2, 0.25) is 0 Å². The third kappa shape index (κ3) is 4.51. The van der Waals surface area contributed by atoms with E-state index in [9.17, 15) is 18.4 Å². The Morgan fingerprint density at radius 3 is 2.00 bits per heavy atom. The number of hydrogen-bond donors (Lipinski definition) is 1. The first-order valence-corrected chi connectivity index (χ1v) is 11.3. The van der Waals surface area contributed by atoms with Crippen molar-refractivity contribution in [1.29, 1.82) is 0 Å². The van der Waals surface area contributed by atoms with Crippen molar-refractivity contribution in [3.63, 3.8) is 0 Å². The maximum absolute atomic E-state index is 13.2. The molecule has 0 amide bonds. The smallest absolute Gasteiger partial charge is 0.195 e. The second-order valence-corrected chi connectivity index (χ2v) is 8.94. The molecule has 0 aliphatic heterocycles. The number of nitrogens with two attached hydrogens (primary N) is 1. The highest BCUT2D eigenvalue weighted by molar-refractivity contribution is 9.11. The number of carbonyl (C=O) groups excluding carboxylic acids is 2. The Morgan fingerprint density at radius 2 is 1.30 bits per heavy atom. The van der Waals surface area contributed by atoms with E-state index in [1.807, 2.05) is 24.3 Å². The van der Waals surface area contributed by atoms with Crippen molar-refractivity contribution >= 4 is 49.1 Å². The summed E-state index contributed by atoms with van der Waals surface area (Å²) >= 11 is 6.42. The van der Waals surface area contributed by atoms with E-state index in [0.717, 1.165) is 17.2 Å². The highest BCUT2D eigenvalue weighted by atomic mass is 79.9. The Morgan fingerprint density at radius 1 is 0.727 bits per heavy atom. The van der Waals surface area contributed by atoms with E-state index in [4.69, 9.17) is 5.73 Å². The first-order chi connectivity index (χ1) is 15.8. The Balaban J connectivity index is 0.000000157. The SMILES string of the molecule is Nc1c(Br)cc(F)cc1C(=O)c1ccccc1.O=C1c2ccccc2-c2c(Br)cc(F)cc21. The maximum atomic E-state index is 13.2. The molecule has 5 rings (SSSR count). The summed E-state index contributed by atoms with van der Waals surface area (Å²) in [6, 6.07) is 21.0. The van der Waals surface area contributed by atoms with E-state index in [1.54, 1.807) is 30.3 Å². The van der Waals surface area contributed by atoms with Crippen LogP contribution in [0.25, 0.3) is 11.1 Å². The van der Waals surface area contributed by atoms with Gasteiger partial charge < -0.3 is 5.73 Å². The van der Waals surface area contributed by atoms with E-state index < -0.39 is 11.6 Å². The second kappa shape index (κ2) is 9.37. The summed E-state index contributed by atoms with van der Waals surface area (Å²) in [7, 11) is 0. The van der Waals surface area contributed by atoms with Gasteiger partial charge in [0.15, 0.2) is 11.6 Å². The van der Waals surface area contributed by atoms with Crippen LogP contribution < -0.4 is 5.73 Å². The average molecular weight is 571 g/mol. The van der Waals surface area contributed by atoms with Gasteiger partial charge in [0.05, 0.1) is 5.69 Å². The summed E-state index contributed by atoms with van der Waals surface area (Å²) < 4.78 is 27.5. The number of nitrogen functional groups attached to an aromatic ring is 1. The predicted octanol–water partition coefficient (Wildman–Crippen LogP) is 7.20. The average Bonchev–Trinajstić information content (AvgIpc) is 3.09. The van der Waals surface area contributed by atoms with Crippen molar-refractivity contribution < 1.29 is 18.4 Å². The molecule has 0 atom stereocenters. The van der Waals surface area contributed by atoms with Crippen LogP contribution in [0, 0.1) is 11.6 Å². The lowest BCUT2D eigenvalue weighted by atomic mass is 10.0. The normalized spacial score (nSPS) is 11.3. The topological polar surface area (TPSA) is 60.2 Å². The van der Waals surface area contributed by atoms with Crippen LogP contribution in [0.4, 0.5) is 14.5 Å². The molecule has 0 heterocycles. The van der Waals surface area contributed by atoms with E-state index in [0.29, 0.717) is 25.6 Å². The van der Waals surface area contributed by atoms with Crippen LogP contribution in [0.15, 0.2) is 87.8 Å². The first kappa shape index (κ1) is 23.0. The first-order valence-electron chi connectivity index (χ1n) is 9.75. The van der Waals surface area contributed by atoms with Crippen LogP contribution in [-0.2, 0) is 0 Å².